The Kier molecular flexibility index (Phi) is 3.22. The first-order chi connectivity index (χ1) is 8.81. The van der Waals surface area contributed by atoms with Gasteiger partial charge in [0.2, 0.25) is 0 Å². The molecular formula is C14H20N2O2. The van der Waals surface area contributed by atoms with E-state index in [2.05, 4.69) is 16.4 Å². The molecular weight excluding hydrogens is 228 g/mol. The van der Waals surface area contributed by atoms with Gasteiger partial charge in [0.15, 0.2) is 0 Å². The second kappa shape index (κ2) is 4.86. The molecule has 1 fully saturated rings. The molecule has 0 bridgehead atoms. The van der Waals surface area contributed by atoms with E-state index in [1.807, 2.05) is 6.07 Å². The van der Waals surface area contributed by atoms with Gasteiger partial charge in [-0.2, -0.15) is 0 Å². The number of rotatable bonds is 3. The third-order valence-corrected chi connectivity index (χ3v) is 4.07. The van der Waals surface area contributed by atoms with Gasteiger partial charge in [0, 0.05) is 18.9 Å². The number of ether oxygens (including phenoxy) is 1. The van der Waals surface area contributed by atoms with Gasteiger partial charge in [-0.3, -0.25) is 0 Å². The molecule has 1 aromatic rings. The van der Waals surface area contributed by atoms with Crippen molar-refractivity contribution in [3.05, 3.63) is 23.4 Å². The summed E-state index contributed by atoms with van der Waals surface area (Å²) in [5.41, 5.74) is 2.35. The second-order valence-corrected chi connectivity index (χ2v) is 5.33. The topological polar surface area (TPSA) is 54.4 Å². The van der Waals surface area contributed by atoms with Crippen molar-refractivity contribution in [3.63, 3.8) is 0 Å². The lowest BCUT2D eigenvalue weighted by Gasteiger charge is -2.36. The summed E-state index contributed by atoms with van der Waals surface area (Å²) in [7, 11) is 0. The number of aryl methyl sites for hydroxylation is 2. The van der Waals surface area contributed by atoms with Crippen LogP contribution in [0, 0.1) is 0 Å². The van der Waals surface area contributed by atoms with E-state index in [-0.39, 0.29) is 12.1 Å². The molecule has 4 nitrogen and oxygen atoms in total. The Hall–Kier alpha value is -1.13. The van der Waals surface area contributed by atoms with Gasteiger partial charge in [0.25, 0.3) is 0 Å². The molecule has 0 spiro atoms. The smallest absolute Gasteiger partial charge is 0.126 e. The Morgan fingerprint density at radius 2 is 2.11 bits per heavy atom. The van der Waals surface area contributed by atoms with E-state index in [4.69, 9.17) is 4.74 Å². The summed E-state index contributed by atoms with van der Waals surface area (Å²) in [6.07, 6.45) is 5.12. The quantitative estimate of drug-likeness (QED) is 0.851. The molecule has 2 N–H and O–H groups in total. The Morgan fingerprint density at radius 1 is 1.28 bits per heavy atom. The minimum Gasteiger partial charge on any atom is -0.394 e. The molecule has 1 saturated heterocycles. The maximum absolute atomic E-state index is 9.65. The molecule has 0 aromatic carbocycles. The Labute approximate surface area is 107 Å². The van der Waals surface area contributed by atoms with Crippen LogP contribution >= 0.6 is 0 Å². The van der Waals surface area contributed by atoms with Gasteiger partial charge >= 0.3 is 0 Å². The highest BCUT2D eigenvalue weighted by Crippen LogP contribution is 2.27. The SMILES string of the molecule is OCC1(Nc2ccc3c(n2)CCC3)CCOCC1. The van der Waals surface area contributed by atoms with Gasteiger partial charge in [0.1, 0.15) is 5.82 Å². The molecule has 2 aliphatic rings. The number of hydrogen-bond donors (Lipinski definition) is 2. The van der Waals surface area contributed by atoms with Gasteiger partial charge in [0.05, 0.1) is 12.1 Å². The van der Waals surface area contributed by atoms with Crippen LogP contribution in [0.25, 0.3) is 0 Å². The normalized spacial score (nSPS) is 21.6. The van der Waals surface area contributed by atoms with Crippen molar-refractivity contribution in [1.29, 1.82) is 0 Å². The number of aromatic nitrogens is 1. The second-order valence-electron chi connectivity index (χ2n) is 5.33. The lowest BCUT2D eigenvalue weighted by atomic mass is 9.91. The number of nitrogens with one attached hydrogen (secondary N) is 1. The molecule has 18 heavy (non-hydrogen) atoms. The third kappa shape index (κ3) is 2.22. The van der Waals surface area contributed by atoms with Gasteiger partial charge in [-0.1, -0.05) is 6.07 Å². The highest BCUT2D eigenvalue weighted by Gasteiger charge is 2.32. The van der Waals surface area contributed by atoms with Crippen molar-refractivity contribution >= 4 is 5.82 Å². The molecule has 98 valence electrons. The van der Waals surface area contributed by atoms with Crippen LogP contribution in [0.1, 0.15) is 30.5 Å². The minimum atomic E-state index is -0.252. The summed E-state index contributed by atoms with van der Waals surface area (Å²) < 4.78 is 5.37. The minimum absolute atomic E-state index is 0.134. The fourth-order valence-electron chi connectivity index (χ4n) is 2.85. The van der Waals surface area contributed by atoms with Crippen molar-refractivity contribution in [2.45, 2.75) is 37.6 Å². The molecule has 0 amide bonds. The summed E-state index contributed by atoms with van der Waals surface area (Å²) in [6.45, 7) is 1.55. The number of nitrogens with zero attached hydrogens (tertiary/aromatic N) is 1. The zero-order valence-corrected chi connectivity index (χ0v) is 10.6. The molecule has 0 unspecified atom stereocenters. The van der Waals surface area contributed by atoms with Crippen LogP contribution in [0.15, 0.2) is 12.1 Å². The van der Waals surface area contributed by atoms with E-state index >= 15 is 0 Å². The van der Waals surface area contributed by atoms with E-state index in [1.165, 1.54) is 17.7 Å². The molecule has 0 saturated carbocycles. The van der Waals surface area contributed by atoms with Crippen LogP contribution in [0.3, 0.4) is 0 Å². The number of aliphatic hydroxyl groups excluding tert-OH is 1. The summed E-state index contributed by atoms with van der Waals surface area (Å²) >= 11 is 0. The molecule has 1 aliphatic carbocycles. The molecule has 2 heterocycles. The summed E-state index contributed by atoms with van der Waals surface area (Å²) in [5.74, 6) is 0.895. The molecule has 1 aromatic heterocycles. The van der Waals surface area contributed by atoms with Gasteiger partial charge in [-0.15, -0.1) is 0 Å². The predicted molar refractivity (Wildman–Crippen MR) is 69.8 cm³/mol. The van der Waals surface area contributed by atoms with E-state index in [1.54, 1.807) is 0 Å². The first kappa shape index (κ1) is 11.9. The summed E-state index contributed by atoms with van der Waals surface area (Å²) in [5, 5.41) is 13.1. The zero-order valence-electron chi connectivity index (χ0n) is 10.6. The van der Waals surface area contributed by atoms with Crippen molar-refractivity contribution < 1.29 is 9.84 Å². The van der Waals surface area contributed by atoms with E-state index in [9.17, 15) is 5.11 Å². The maximum atomic E-state index is 9.65. The lowest BCUT2D eigenvalue weighted by Crippen LogP contribution is -2.47. The van der Waals surface area contributed by atoms with Crippen LogP contribution in [-0.2, 0) is 17.6 Å². The lowest BCUT2D eigenvalue weighted by molar-refractivity contribution is 0.0378. The van der Waals surface area contributed by atoms with Crippen LogP contribution in [0.5, 0.6) is 0 Å². The predicted octanol–water partition coefficient (Wildman–Crippen LogP) is 1.52. The Balaban J connectivity index is 1.78. The Bertz CT molecular complexity index is 428. The number of aliphatic hydroxyl groups is 1. The third-order valence-electron chi connectivity index (χ3n) is 4.07. The van der Waals surface area contributed by atoms with Gasteiger partial charge in [-0.05, 0) is 43.7 Å². The van der Waals surface area contributed by atoms with Gasteiger partial charge < -0.3 is 15.2 Å². The van der Waals surface area contributed by atoms with E-state index in [0.29, 0.717) is 13.2 Å². The average molecular weight is 248 g/mol. The number of pyridine rings is 1. The number of anilines is 1. The summed E-state index contributed by atoms with van der Waals surface area (Å²) in [4.78, 5) is 4.68. The summed E-state index contributed by atoms with van der Waals surface area (Å²) in [6, 6.07) is 4.21. The van der Waals surface area contributed by atoms with Crippen LogP contribution in [0.2, 0.25) is 0 Å². The monoisotopic (exact) mass is 248 g/mol. The molecule has 4 heteroatoms. The molecule has 0 atom stereocenters. The largest absolute Gasteiger partial charge is 0.394 e. The van der Waals surface area contributed by atoms with Crippen LogP contribution in [0.4, 0.5) is 5.82 Å². The first-order valence-corrected chi connectivity index (χ1v) is 6.77. The first-order valence-electron chi connectivity index (χ1n) is 6.77. The van der Waals surface area contributed by atoms with Crippen molar-refractivity contribution in [3.8, 4) is 0 Å². The number of fused-ring (bicyclic) bond motifs is 1. The van der Waals surface area contributed by atoms with Crippen molar-refractivity contribution in [2.24, 2.45) is 0 Å². The fraction of sp³-hybridized carbons (Fsp3) is 0.643. The molecule has 0 radical (unpaired) electrons. The highest BCUT2D eigenvalue weighted by atomic mass is 16.5. The van der Waals surface area contributed by atoms with Crippen molar-refractivity contribution in [1.82, 2.24) is 4.98 Å². The maximum Gasteiger partial charge on any atom is 0.126 e. The van der Waals surface area contributed by atoms with Gasteiger partial charge in [-0.25, -0.2) is 4.98 Å². The standard InChI is InChI=1S/C14H20N2O2/c17-10-14(6-8-18-9-7-14)16-13-5-4-11-2-1-3-12(11)15-13/h4-5,17H,1-3,6-10H2,(H,15,16). The fourth-order valence-corrected chi connectivity index (χ4v) is 2.85. The highest BCUT2D eigenvalue weighted by molar-refractivity contribution is 5.42. The van der Waals surface area contributed by atoms with Crippen molar-refractivity contribution in [2.75, 3.05) is 25.1 Å². The molecule has 3 rings (SSSR count). The van der Waals surface area contributed by atoms with Crippen LogP contribution < -0.4 is 5.32 Å². The van der Waals surface area contributed by atoms with Crippen LogP contribution in [-0.4, -0.2) is 35.5 Å². The number of hydrogen-bond acceptors (Lipinski definition) is 4. The molecule has 1 aliphatic heterocycles. The zero-order chi connectivity index (χ0) is 12.4. The van der Waals surface area contributed by atoms with E-state index in [0.717, 1.165) is 31.5 Å². The Morgan fingerprint density at radius 3 is 2.89 bits per heavy atom. The average Bonchev–Trinajstić information content (AvgIpc) is 2.87. The van der Waals surface area contributed by atoms with E-state index < -0.39 is 0 Å².